The van der Waals surface area contributed by atoms with Crippen LogP contribution in [0.15, 0.2) is 34.9 Å². The molecule has 1 amide bonds. The van der Waals surface area contributed by atoms with Crippen molar-refractivity contribution in [1.82, 2.24) is 5.16 Å². The average Bonchev–Trinajstić information content (AvgIpc) is 2.90. The first-order valence-corrected chi connectivity index (χ1v) is 6.65. The van der Waals surface area contributed by atoms with Gasteiger partial charge in [-0.3, -0.25) is 14.9 Å². The lowest BCUT2D eigenvalue weighted by Crippen LogP contribution is -2.32. The molecule has 1 aromatic heterocycles. The van der Waals surface area contributed by atoms with Crippen molar-refractivity contribution < 1.29 is 19.0 Å². The molecule has 0 saturated carbocycles. The number of rotatable bonds is 6. The molecule has 1 aromatic carbocycles. The summed E-state index contributed by atoms with van der Waals surface area (Å²) in [6.07, 6.45) is -0.307. The first kappa shape index (κ1) is 15.5. The molecule has 1 atom stereocenters. The van der Waals surface area contributed by atoms with Crippen LogP contribution in [0.5, 0.6) is 5.75 Å². The van der Waals surface area contributed by atoms with E-state index in [9.17, 15) is 14.9 Å². The number of nitrogens with zero attached hydrogens (tertiary/aromatic N) is 2. The van der Waals surface area contributed by atoms with Crippen molar-refractivity contribution in [3.05, 3.63) is 46.2 Å². The number of ether oxygens (including phenoxy) is 1. The van der Waals surface area contributed by atoms with Crippen molar-refractivity contribution in [2.45, 2.75) is 26.4 Å². The van der Waals surface area contributed by atoms with Gasteiger partial charge in [0.05, 0.1) is 4.92 Å². The van der Waals surface area contributed by atoms with Gasteiger partial charge >= 0.3 is 0 Å². The summed E-state index contributed by atoms with van der Waals surface area (Å²) in [5, 5.41) is 16.8. The molecule has 0 spiro atoms. The van der Waals surface area contributed by atoms with Gasteiger partial charge in [0.15, 0.2) is 11.9 Å². The second-order valence-corrected chi connectivity index (χ2v) is 4.58. The number of nitro benzene ring substituents is 1. The SMILES string of the molecule is CC[C@H](Oc1ccc([N+](=O)[O-])cc1)C(=O)Nc1cc(C)on1. The summed E-state index contributed by atoms with van der Waals surface area (Å²) in [5.74, 6) is 0.908. The number of anilines is 1. The minimum atomic E-state index is -0.738. The van der Waals surface area contributed by atoms with E-state index in [-0.39, 0.29) is 11.6 Å². The van der Waals surface area contributed by atoms with Crippen molar-refractivity contribution in [3.8, 4) is 5.75 Å². The van der Waals surface area contributed by atoms with Crippen LogP contribution in [0.4, 0.5) is 11.5 Å². The average molecular weight is 305 g/mol. The number of carbonyl (C=O) groups excluding carboxylic acids is 1. The molecule has 8 heteroatoms. The van der Waals surface area contributed by atoms with Gasteiger partial charge in [-0.05, 0) is 25.5 Å². The summed E-state index contributed by atoms with van der Waals surface area (Å²) >= 11 is 0. The molecule has 0 saturated heterocycles. The van der Waals surface area contributed by atoms with Crippen molar-refractivity contribution in [2.75, 3.05) is 5.32 Å². The zero-order valence-electron chi connectivity index (χ0n) is 12.1. The number of nitrogens with one attached hydrogen (secondary N) is 1. The van der Waals surface area contributed by atoms with E-state index in [2.05, 4.69) is 10.5 Å². The Bertz CT molecular complexity index is 665. The van der Waals surface area contributed by atoms with Crippen LogP contribution in [0.1, 0.15) is 19.1 Å². The summed E-state index contributed by atoms with van der Waals surface area (Å²) in [6, 6.07) is 7.14. The van der Waals surface area contributed by atoms with Crippen LogP contribution in [0.3, 0.4) is 0 Å². The zero-order chi connectivity index (χ0) is 16.1. The van der Waals surface area contributed by atoms with Gasteiger partial charge in [0.1, 0.15) is 11.5 Å². The van der Waals surface area contributed by atoms with Crippen LogP contribution in [0.25, 0.3) is 0 Å². The van der Waals surface area contributed by atoms with Gasteiger partial charge in [-0.2, -0.15) is 0 Å². The number of hydrogen-bond acceptors (Lipinski definition) is 6. The van der Waals surface area contributed by atoms with Crippen molar-refractivity contribution in [2.24, 2.45) is 0 Å². The predicted octanol–water partition coefficient (Wildman–Crippen LogP) is 2.69. The zero-order valence-corrected chi connectivity index (χ0v) is 12.1. The summed E-state index contributed by atoms with van der Waals surface area (Å²) in [5.41, 5.74) is -0.0390. The maximum atomic E-state index is 12.1. The van der Waals surface area contributed by atoms with Crippen LogP contribution in [0, 0.1) is 17.0 Å². The Morgan fingerprint density at radius 2 is 2.14 bits per heavy atom. The molecule has 0 bridgehead atoms. The Balaban J connectivity index is 2.01. The molecule has 0 aliphatic rings. The maximum absolute atomic E-state index is 12.1. The predicted molar refractivity (Wildman–Crippen MR) is 77.7 cm³/mol. The molecule has 22 heavy (non-hydrogen) atoms. The second kappa shape index (κ2) is 6.70. The van der Waals surface area contributed by atoms with E-state index < -0.39 is 11.0 Å². The topological polar surface area (TPSA) is 108 Å². The monoisotopic (exact) mass is 305 g/mol. The van der Waals surface area contributed by atoms with Crippen LogP contribution in [0.2, 0.25) is 0 Å². The van der Waals surface area contributed by atoms with E-state index in [0.29, 0.717) is 23.7 Å². The third kappa shape index (κ3) is 3.81. The minimum Gasteiger partial charge on any atom is -0.481 e. The molecule has 0 radical (unpaired) electrons. The Morgan fingerprint density at radius 1 is 1.45 bits per heavy atom. The lowest BCUT2D eigenvalue weighted by Gasteiger charge is -2.16. The van der Waals surface area contributed by atoms with Crippen LogP contribution in [-0.4, -0.2) is 22.1 Å². The fraction of sp³-hybridized carbons (Fsp3) is 0.286. The smallest absolute Gasteiger partial charge is 0.269 e. The standard InChI is InChI=1S/C14H15N3O5/c1-3-12(14(18)15-13-8-9(2)22-16-13)21-11-6-4-10(5-7-11)17(19)20/h4-8,12H,3H2,1-2H3,(H,15,16,18)/t12-/m0/s1. The lowest BCUT2D eigenvalue weighted by molar-refractivity contribution is -0.384. The number of amides is 1. The molecule has 0 fully saturated rings. The van der Waals surface area contributed by atoms with Crippen LogP contribution in [-0.2, 0) is 4.79 Å². The number of aromatic nitrogens is 1. The Kier molecular flexibility index (Phi) is 4.72. The Labute approximate surface area is 126 Å². The van der Waals surface area contributed by atoms with Gasteiger partial charge in [0.25, 0.3) is 11.6 Å². The fourth-order valence-electron chi connectivity index (χ4n) is 1.76. The molecule has 116 valence electrons. The molecule has 0 aliphatic heterocycles. The van der Waals surface area contributed by atoms with E-state index >= 15 is 0 Å². The molecular weight excluding hydrogens is 290 g/mol. The van der Waals surface area contributed by atoms with Crippen molar-refractivity contribution >= 4 is 17.4 Å². The van der Waals surface area contributed by atoms with Crippen molar-refractivity contribution in [3.63, 3.8) is 0 Å². The second-order valence-electron chi connectivity index (χ2n) is 4.58. The number of nitro groups is 1. The van der Waals surface area contributed by atoms with E-state index in [1.807, 2.05) is 0 Å². The largest absolute Gasteiger partial charge is 0.481 e. The summed E-state index contributed by atoms with van der Waals surface area (Å²) in [7, 11) is 0. The third-order valence-electron chi connectivity index (χ3n) is 2.87. The highest BCUT2D eigenvalue weighted by Crippen LogP contribution is 2.19. The van der Waals surface area contributed by atoms with Crippen molar-refractivity contribution in [1.29, 1.82) is 0 Å². The van der Waals surface area contributed by atoms with Gasteiger partial charge < -0.3 is 14.6 Å². The normalized spacial score (nSPS) is 11.7. The fourth-order valence-corrected chi connectivity index (χ4v) is 1.76. The molecule has 2 rings (SSSR count). The molecule has 8 nitrogen and oxygen atoms in total. The number of non-ortho nitro benzene ring substituents is 1. The summed E-state index contributed by atoms with van der Waals surface area (Å²) in [4.78, 5) is 22.2. The van der Waals surface area contributed by atoms with Gasteiger partial charge in [0.2, 0.25) is 0 Å². The lowest BCUT2D eigenvalue weighted by atomic mass is 10.2. The number of hydrogen-bond donors (Lipinski definition) is 1. The van der Waals surface area contributed by atoms with Gasteiger partial charge in [0, 0.05) is 18.2 Å². The van der Waals surface area contributed by atoms with E-state index in [0.717, 1.165) is 0 Å². The molecule has 1 N–H and O–H groups in total. The third-order valence-corrected chi connectivity index (χ3v) is 2.87. The number of aryl methyl sites for hydroxylation is 1. The molecular formula is C14H15N3O5. The van der Waals surface area contributed by atoms with E-state index in [1.165, 1.54) is 24.3 Å². The first-order valence-electron chi connectivity index (χ1n) is 6.65. The molecule has 0 unspecified atom stereocenters. The summed E-state index contributed by atoms with van der Waals surface area (Å²) in [6.45, 7) is 3.51. The van der Waals surface area contributed by atoms with Gasteiger partial charge in [-0.25, -0.2) is 0 Å². The maximum Gasteiger partial charge on any atom is 0.269 e. The first-order chi connectivity index (χ1) is 10.5. The van der Waals surface area contributed by atoms with E-state index in [1.54, 1.807) is 19.9 Å². The van der Waals surface area contributed by atoms with Crippen LogP contribution >= 0.6 is 0 Å². The molecule has 2 aromatic rings. The van der Waals surface area contributed by atoms with Gasteiger partial charge in [-0.15, -0.1) is 0 Å². The van der Waals surface area contributed by atoms with Crippen LogP contribution < -0.4 is 10.1 Å². The molecule has 1 heterocycles. The quantitative estimate of drug-likeness (QED) is 0.649. The van der Waals surface area contributed by atoms with E-state index in [4.69, 9.17) is 9.26 Å². The number of benzene rings is 1. The number of carbonyl (C=O) groups is 1. The Morgan fingerprint density at radius 3 is 2.64 bits per heavy atom. The molecule has 0 aliphatic carbocycles. The highest BCUT2D eigenvalue weighted by atomic mass is 16.6. The van der Waals surface area contributed by atoms with Gasteiger partial charge in [-0.1, -0.05) is 12.1 Å². The Hall–Kier alpha value is -2.90. The minimum absolute atomic E-state index is 0.0390. The highest BCUT2D eigenvalue weighted by Gasteiger charge is 2.20. The highest BCUT2D eigenvalue weighted by molar-refractivity contribution is 5.93. The summed E-state index contributed by atoms with van der Waals surface area (Å²) < 4.78 is 10.4.